The van der Waals surface area contributed by atoms with Gasteiger partial charge in [-0.3, -0.25) is 0 Å². The molecule has 0 radical (unpaired) electrons. The molecule has 138 valence electrons. The predicted molar refractivity (Wildman–Crippen MR) is 85.8 cm³/mol. The topological polar surface area (TPSA) is 68.2 Å². The van der Waals surface area contributed by atoms with Crippen molar-refractivity contribution < 1.29 is 28.8 Å². The zero-order valence-corrected chi connectivity index (χ0v) is 14.9. The number of methoxy groups -OCH3 is 1. The predicted octanol–water partition coefficient (Wildman–Crippen LogP) is 2.92. The SMILES string of the molecule is CCCC.CO[C@H](O)[C@@](C)(F)[C@H](O)C1COC2(CCCCC2)O1. The Hall–Kier alpha value is -0.270. The first-order valence-electron chi connectivity index (χ1n) is 8.72. The molecule has 1 saturated carbocycles. The Bertz CT molecular complexity index is 329. The lowest BCUT2D eigenvalue weighted by molar-refractivity contribution is -0.233. The van der Waals surface area contributed by atoms with E-state index in [-0.39, 0.29) is 6.61 Å². The molecule has 0 amide bonds. The third-order valence-electron chi connectivity index (χ3n) is 4.63. The second-order valence-electron chi connectivity index (χ2n) is 6.62. The molecule has 0 aromatic heterocycles. The molecule has 0 aromatic rings. The summed E-state index contributed by atoms with van der Waals surface area (Å²) in [4.78, 5) is 0. The molecule has 1 spiro atoms. The van der Waals surface area contributed by atoms with Crippen molar-refractivity contribution in [1.82, 2.24) is 0 Å². The number of alkyl halides is 1. The average Bonchev–Trinajstić information content (AvgIpc) is 2.97. The first-order chi connectivity index (χ1) is 10.8. The Morgan fingerprint density at radius 2 is 1.78 bits per heavy atom. The van der Waals surface area contributed by atoms with Gasteiger partial charge in [-0.05, 0) is 19.8 Å². The minimum absolute atomic E-state index is 0.136. The monoisotopic (exact) mass is 336 g/mol. The van der Waals surface area contributed by atoms with Gasteiger partial charge in [-0.2, -0.15) is 0 Å². The van der Waals surface area contributed by atoms with Crippen LogP contribution in [0.15, 0.2) is 0 Å². The lowest BCUT2D eigenvalue weighted by atomic mass is 9.93. The molecule has 5 nitrogen and oxygen atoms in total. The third-order valence-corrected chi connectivity index (χ3v) is 4.63. The second kappa shape index (κ2) is 9.28. The molecular weight excluding hydrogens is 303 g/mol. The van der Waals surface area contributed by atoms with Crippen molar-refractivity contribution in [3.63, 3.8) is 0 Å². The standard InChI is InChI=1S/C13H23FO5.C4H10/c1-12(14,11(16)17-2)10(15)9-8-18-13(19-9)6-4-3-5-7-13;1-3-4-2/h9-11,15-16H,3-8H2,1-2H3;3-4H2,1-2H3/t9?,10-,11+,12+;/m1./s1. The highest BCUT2D eigenvalue weighted by Crippen LogP contribution is 2.40. The molecule has 2 fully saturated rings. The van der Waals surface area contributed by atoms with E-state index >= 15 is 0 Å². The third kappa shape index (κ3) is 5.36. The molecule has 4 atom stereocenters. The largest absolute Gasteiger partial charge is 0.387 e. The highest BCUT2D eigenvalue weighted by Gasteiger charge is 2.52. The fourth-order valence-electron chi connectivity index (χ4n) is 2.83. The maximum absolute atomic E-state index is 14.3. The van der Waals surface area contributed by atoms with Gasteiger partial charge in [-0.1, -0.05) is 33.1 Å². The molecular formula is C17H33FO5. The summed E-state index contributed by atoms with van der Waals surface area (Å²) in [6.45, 7) is 5.60. The number of ether oxygens (including phenoxy) is 3. The normalized spacial score (nSPS) is 28.6. The molecule has 1 heterocycles. The van der Waals surface area contributed by atoms with Gasteiger partial charge in [0.15, 0.2) is 17.7 Å². The van der Waals surface area contributed by atoms with E-state index in [2.05, 4.69) is 18.6 Å². The van der Waals surface area contributed by atoms with Crippen molar-refractivity contribution in [1.29, 1.82) is 0 Å². The van der Waals surface area contributed by atoms with Crippen molar-refractivity contribution in [3.05, 3.63) is 0 Å². The molecule has 2 N–H and O–H groups in total. The van der Waals surface area contributed by atoms with Crippen LogP contribution in [0.25, 0.3) is 0 Å². The summed E-state index contributed by atoms with van der Waals surface area (Å²) in [5, 5.41) is 19.5. The summed E-state index contributed by atoms with van der Waals surface area (Å²) in [5.74, 6) is -0.669. The molecule has 0 aromatic carbocycles. The summed E-state index contributed by atoms with van der Waals surface area (Å²) in [6.07, 6.45) is 3.37. The second-order valence-corrected chi connectivity index (χ2v) is 6.62. The molecule has 2 rings (SSSR count). The van der Waals surface area contributed by atoms with E-state index in [0.717, 1.165) is 39.0 Å². The van der Waals surface area contributed by atoms with Crippen molar-refractivity contribution in [2.75, 3.05) is 13.7 Å². The van der Waals surface area contributed by atoms with Crippen LogP contribution in [-0.2, 0) is 14.2 Å². The zero-order chi connectivity index (χ0) is 17.5. The summed E-state index contributed by atoms with van der Waals surface area (Å²) in [6, 6.07) is 0. The number of hydrogen-bond donors (Lipinski definition) is 2. The van der Waals surface area contributed by atoms with Gasteiger partial charge in [0.1, 0.15) is 12.2 Å². The van der Waals surface area contributed by atoms with Crippen LogP contribution in [0, 0.1) is 0 Å². The molecule has 1 aliphatic heterocycles. The van der Waals surface area contributed by atoms with Crippen molar-refractivity contribution in [2.24, 2.45) is 0 Å². The first-order valence-corrected chi connectivity index (χ1v) is 8.72. The Kier molecular flexibility index (Phi) is 8.38. The van der Waals surface area contributed by atoms with Gasteiger partial charge in [0.05, 0.1) is 6.61 Å². The molecule has 1 saturated heterocycles. The minimum atomic E-state index is -2.30. The molecule has 1 aliphatic carbocycles. The number of halogens is 1. The van der Waals surface area contributed by atoms with Gasteiger partial charge >= 0.3 is 0 Å². The van der Waals surface area contributed by atoms with E-state index in [0.29, 0.717) is 0 Å². The van der Waals surface area contributed by atoms with E-state index in [1.54, 1.807) is 0 Å². The van der Waals surface area contributed by atoms with Gasteiger partial charge in [0.2, 0.25) is 0 Å². The molecule has 1 unspecified atom stereocenters. The van der Waals surface area contributed by atoms with Gasteiger partial charge in [0, 0.05) is 20.0 Å². The number of rotatable bonds is 5. The lowest BCUT2D eigenvalue weighted by Crippen LogP contribution is -2.53. The number of hydrogen-bond acceptors (Lipinski definition) is 5. The van der Waals surface area contributed by atoms with Crippen LogP contribution in [-0.4, -0.2) is 53.9 Å². The lowest BCUT2D eigenvalue weighted by Gasteiger charge is -2.35. The van der Waals surface area contributed by atoms with Crippen LogP contribution < -0.4 is 0 Å². The maximum atomic E-state index is 14.3. The number of unbranched alkanes of at least 4 members (excludes halogenated alkanes) is 1. The molecule has 2 aliphatic rings. The van der Waals surface area contributed by atoms with Crippen LogP contribution in [0.5, 0.6) is 0 Å². The van der Waals surface area contributed by atoms with E-state index in [4.69, 9.17) is 9.47 Å². The summed E-state index contributed by atoms with van der Waals surface area (Å²) < 4.78 is 30.3. The summed E-state index contributed by atoms with van der Waals surface area (Å²) in [5.41, 5.74) is -2.30. The van der Waals surface area contributed by atoms with E-state index < -0.39 is 30.0 Å². The van der Waals surface area contributed by atoms with Crippen molar-refractivity contribution in [2.45, 2.75) is 95.7 Å². The smallest absolute Gasteiger partial charge is 0.191 e. The highest BCUT2D eigenvalue weighted by atomic mass is 19.1. The fourth-order valence-corrected chi connectivity index (χ4v) is 2.83. The van der Waals surface area contributed by atoms with Crippen molar-refractivity contribution >= 4 is 0 Å². The summed E-state index contributed by atoms with van der Waals surface area (Å²) in [7, 11) is 1.18. The van der Waals surface area contributed by atoms with Crippen LogP contribution >= 0.6 is 0 Å². The van der Waals surface area contributed by atoms with Gasteiger partial charge in [0.25, 0.3) is 0 Å². The maximum Gasteiger partial charge on any atom is 0.191 e. The average molecular weight is 336 g/mol. The quantitative estimate of drug-likeness (QED) is 0.756. The Labute approximate surface area is 139 Å². The number of aliphatic hydroxyl groups excluding tert-OH is 2. The van der Waals surface area contributed by atoms with Crippen molar-refractivity contribution in [3.8, 4) is 0 Å². The zero-order valence-electron chi connectivity index (χ0n) is 14.9. The highest BCUT2D eigenvalue weighted by molar-refractivity contribution is 4.94. The Morgan fingerprint density at radius 1 is 1.22 bits per heavy atom. The van der Waals surface area contributed by atoms with Crippen LogP contribution in [0.2, 0.25) is 0 Å². The fraction of sp³-hybridized carbons (Fsp3) is 1.00. The van der Waals surface area contributed by atoms with E-state index in [1.165, 1.54) is 20.0 Å². The molecule has 23 heavy (non-hydrogen) atoms. The van der Waals surface area contributed by atoms with E-state index in [9.17, 15) is 14.6 Å². The molecule has 6 heteroatoms. The van der Waals surface area contributed by atoms with Gasteiger partial charge < -0.3 is 24.4 Å². The Morgan fingerprint density at radius 3 is 2.26 bits per heavy atom. The van der Waals surface area contributed by atoms with Gasteiger partial charge in [-0.15, -0.1) is 0 Å². The molecule has 0 bridgehead atoms. The first kappa shape index (κ1) is 20.8. The van der Waals surface area contributed by atoms with Crippen LogP contribution in [0.1, 0.15) is 65.7 Å². The van der Waals surface area contributed by atoms with Crippen LogP contribution in [0.3, 0.4) is 0 Å². The number of aliphatic hydroxyl groups is 2. The summed E-state index contributed by atoms with van der Waals surface area (Å²) >= 11 is 0. The van der Waals surface area contributed by atoms with Gasteiger partial charge in [-0.25, -0.2) is 4.39 Å². The minimum Gasteiger partial charge on any atom is -0.387 e. The Balaban J connectivity index is 0.000000593. The van der Waals surface area contributed by atoms with Crippen LogP contribution in [0.4, 0.5) is 4.39 Å². The van der Waals surface area contributed by atoms with E-state index in [1.807, 2.05) is 0 Å².